The first-order valence-corrected chi connectivity index (χ1v) is 7.30. The summed E-state index contributed by atoms with van der Waals surface area (Å²) in [5, 5.41) is -0.141. The lowest BCUT2D eigenvalue weighted by Crippen LogP contribution is -2.31. The van der Waals surface area contributed by atoms with Crippen molar-refractivity contribution in [2.45, 2.75) is 11.5 Å². The number of alkyl halides is 1. The molecular weight excluding hydrogens is 367 g/mol. The van der Waals surface area contributed by atoms with Crippen LogP contribution in [-0.2, 0) is 9.47 Å². The Morgan fingerprint density at radius 1 is 1.47 bits per heavy atom. The van der Waals surface area contributed by atoms with E-state index in [1.807, 2.05) is 6.07 Å². The molecule has 15 heavy (non-hydrogen) atoms. The van der Waals surface area contributed by atoms with Crippen molar-refractivity contribution in [2.24, 2.45) is 0 Å². The minimum atomic E-state index is -0.141. The zero-order valence-electron chi connectivity index (χ0n) is 7.71. The van der Waals surface area contributed by atoms with Crippen molar-refractivity contribution in [3.63, 3.8) is 0 Å². The van der Waals surface area contributed by atoms with Crippen molar-refractivity contribution < 1.29 is 9.47 Å². The minimum absolute atomic E-state index is 0.0436. The van der Waals surface area contributed by atoms with Gasteiger partial charge in [-0.25, -0.2) is 0 Å². The Bertz CT molecular complexity index is 319. The quantitative estimate of drug-likeness (QED) is 0.727. The van der Waals surface area contributed by atoms with Gasteiger partial charge in [0.25, 0.3) is 0 Å². The maximum absolute atomic E-state index is 6.33. The number of halogens is 3. The lowest BCUT2D eigenvalue weighted by molar-refractivity contribution is -0.0889. The summed E-state index contributed by atoms with van der Waals surface area (Å²) in [6.07, 6.45) is -0.0436. The molecule has 0 spiro atoms. The molecule has 6 heteroatoms. The zero-order chi connectivity index (χ0) is 10.8. The Balaban J connectivity index is 2.08. The van der Waals surface area contributed by atoms with Crippen LogP contribution in [-0.4, -0.2) is 25.9 Å². The maximum atomic E-state index is 6.33. The van der Waals surface area contributed by atoms with Gasteiger partial charge >= 0.3 is 0 Å². The topological polar surface area (TPSA) is 18.5 Å². The number of ether oxygens (including phenoxy) is 2. The SMILES string of the molecule is ClC(c1cc(Br)c(Br)s1)C1COCCO1. The summed E-state index contributed by atoms with van der Waals surface area (Å²) in [5.41, 5.74) is 0. The normalized spacial score (nSPS) is 24.1. The van der Waals surface area contributed by atoms with Crippen LogP contribution in [0.4, 0.5) is 0 Å². The molecule has 2 rings (SSSR count). The van der Waals surface area contributed by atoms with E-state index in [2.05, 4.69) is 31.9 Å². The number of hydrogen-bond donors (Lipinski definition) is 0. The summed E-state index contributed by atoms with van der Waals surface area (Å²) < 4.78 is 13.0. The van der Waals surface area contributed by atoms with Crippen LogP contribution in [0.25, 0.3) is 0 Å². The molecule has 0 N–H and O–H groups in total. The molecule has 2 unspecified atom stereocenters. The second kappa shape index (κ2) is 5.47. The molecule has 1 fully saturated rings. The molecule has 1 aliphatic heterocycles. The van der Waals surface area contributed by atoms with E-state index in [0.717, 1.165) is 13.1 Å². The lowest BCUT2D eigenvalue weighted by Gasteiger charge is -2.26. The van der Waals surface area contributed by atoms with E-state index in [9.17, 15) is 0 Å². The molecule has 1 aliphatic rings. The Labute approximate surface area is 114 Å². The fourth-order valence-corrected chi connectivity index (χ4v) is 3.82. The summed E-state index contributed by atoms with van der Waals surface area (Å²) >= 11 is 14.8. The highest BCUT2D eigenvalue weighted by Crippen LogP contribution is 2.39. The van der Waals surface area contributed by atoms with Gasteiger partial charge < -0.3 is 9.47 Å². The van der Waals surface area contributed by atoms with Crippen LogP contribution in [0.15, 0.2) is 14.3 Å². The second-order valence-electron chi connectivity index (χ2n) is 3.16. The second-order valence-corrected chi connectivity index (χ2v) is 6.88. The fourth-order valence-electron chi connectivity index (χ4n) is 1.36. The van der Waals surface area contributed by atoms with E-state index < -0.39 is 0 Å². The first-order valence-electron chi connectivity index (χ1n) is 4.46. The number of rotatable bonds is 2. The van der Waals surface area contributed by atoms with E-state index in [1.54, 1.807) is 11.3 Å². The molecule has 0 bridgehead atoms. The van der Waals surface area contributed by atoms with E-state index in [0.29, 0.717) is 19.8 Å². The van der Waals surface area contributed by atoms with Gasteiger partial charge in [-0.2, -0.15) is 0 Å². The Hall–Kier alpha value is 0.870. The van der Waals surface area contributed by atoms with Crippen molar-refractivity contribution in [3.05, 3.63) is 19.2 Å². The first-order chi connectivity index (χ1) is 7.18. The van der Waals surface area contributed by atoms with Gasteiger partial charge in [0.2, 0.25) is 0 Å². The van der Waals surface area contributed by atoms with Crippen molar-refractivity contribution in [3.8, 4) is 0 Å². The van der Waals surface area contributed by atoms with Crippen molar-refractivity contribution in [2.75, 3.05) is 19.8 Å². The van der Waals surface area contributed by atoms with Crippen LogP contribution in [0.1, 0.15) is 10.3 Å². The molecule has 2 atom stereocenters. The molecule has 0 saturated carbocycles. The van der Waals surface area contributed by atoms with Crippen LogP contribution in [0.5, 0.6) is 0 Å². The highest BCUT2D eigenvalue weighted by Gasteiger charge is 2.26. The van der Waals surface area contributed by atoms with Crippen LogP contribution < -0.4 is 0 Å². The van der Waals surface area contributed by atoms with Gasteiger partial charge in [0, 0.05) is 9.35 Å². The summed E-state index contributed by atoms with van der Waals surface area (Å²) in [4.78, 5) is 1.09. The molecule has 1 saturated heterocycles. The molecule has 84 valence electrons. The predicted molar refractivity (Wildman–Crippen MR) is 68.9 cm³/mol. The smallest absolute Gasteiger partial charge is 0.102 e. The molecule has 0 amide bonds. The average molecular weight is 376 g/mol. The van der Waals surface area contributed by atoms with Gasteiger partial charge in [-0.05, 0) is 37.9 Å². The van der Waals surface area contributed by atoms with E-state index in [4.69, 9.17) is 21.1 Å². The zero-order valence-corrected chi connectivity index (χ0v) is 12.5. The predicted octanol–water partition coefficient (Wildman–Crippen LogP) is 3.97. The summed E-state index contributed by atoms with van der Waals surface area (Å²) in [5.74, 6) is 0. The molecule has 0 aliphatic carbocycles. The molecule has 0 radical (unpaired) electrons. The first kappa shape index (κ1) is 12.3. The number of thiophene rings is 1. The van der Waals surface area contributed by atoms with Gasteiger partial charge in [-0.1, -0.05) is 0 Å². The van der Waals surface area contributed by atoms with Gasteiger partial charge in [0.15, 0.2) is 0 Å². The van der Waals surface area contributed by atoms with Crippen LogP contribution in [0.3, 0.4) is 0 Å². The third-order valence-electron chi connectivity index (χ3n) is 2.10. The Morgan fingerprint density at radius 3 is 2.80 bits per heavy atom. The minimum Gasteiger partial charge on any atom is -0.376 e. The molecule has 1 aromatic rings. The van der Waals surface area contributed by atoms with Gasteiger partial charge in [-0.3, -0.25) is 0 Å². The summed E-state index contributed by atoms with van der Waals surface area (Å²) in [6, 6.07) is 2.02. The van der Waals surface area contributed by atoms with E-state index >= 15 is 0 Å². The highest BCUT2D eigenvalue weighted by molar-refractivity contribution is 9.13. The third kappa shape index (κ3) is 2.96. The summed E-state index contributed by atoms with van der Waals surface area (Å²) in [6.45, 7) is 1.86. The monoisotopic (exact) mass is 374 g/mol. The van der Waals surface area contributed by atoms with Gasteiger partial charge in [0.05, 0.1) is 29.0 Å². The number of hydrogen-bond acceptors (Lipinski definition) is 3. The van der Waals surface area contributed by atoms with Crippen molar-refractivity contribution >= 4 is 54.8 Å². The third-order valence-corrected chi connectivity index (χ3v) is 6.09. The molecule has 2 nitrogen and oxygen atoms in total. The van der Waals surface area contributed by atoms with Crippen LogP contribution >= 0.6 is 54.8 Å². The van der Waals surface area contributed by atoms with Crippen molar-refractivity contribution in [1.29, 1.82) is 0 Å². The maximum Gasteiger partial charge on any atom is 0.102 e. The van der Waals surface area contributed by atoms with Gasteiger partial charge in [-0.15, -0.1) is 22.9 Å². The lowest BCUT2D eigenvalue weighted by atomic mass is 10.2. The van der Waals surface area contributed by atoms with Gasteiger partial charge in [0.1, 0.15) is 6.10 Å². The molecule has 0 aromatic carbocycles. The van der Waals surface area contributed by atoms with E-state index in [-0.39, 0.29) is 11.5 Å². The molecule has 2 heterocycles. The van der Waals surface area contributed by atoms with Crippen LogP contribution in [0, 0.1) is 0 Å². The Morgan fingerprint density at radius 2 is 2.27 bits per heavy atom. The average Bonchev–Trinajstić information content (AvgIpc) is 2.59. The largest absolute Gasteiger partial charge is 0.376 e. The molecule has 1 aromatic heterocycles. The standard InChI is InChI=1S/C9H9Br2ClO2S/c10-5-3-7(15-9(5)11)8(12)6-4-13-1-2-14-6/h3,6,8H,1-2,4H2. The summed E-state index contributed by atoms with van der Waals surface area (Å²) in [7, 11) is 0. The highest BCUT2D eigenvalue weighted by atomic mass is 79.9. The van der Waals surface area contributed by atoms with Crippen LogP contribution in [0.2, 0.25) is 0 Å². The Kier molecular flexibility index (Phi) is 4.50. The fraction of sp³-hybridized carbons (Fsp3) is 0.556. The van der Waals surface area contributed by atoms with Crippen molar-refractivity contribution in [1.82, 2.24) is 0 Å². The molecular formula is C9H9Br2ClO2S. The van der Waals surface area contributed by atoms with E-state index in [1.165, 1.54) is 0 Å².